The standard InChI is InChI=1S/C13H17ClN2O2/c1-9(12-7-4-8-18-12)15-13(17)16-11-6-3-2-5-10(11)14/h2-3,5-6,9,12H,4,7-8H2,1H3,(H2,15,16,17)/t9-,12+/m0/s1. The molecule has 4 nitrogen and oxygen atoms in total. The summed E-state index contributed by atoms with van der Waals surface area (Å²) in [7, 11) is 0. The molecule has 18 heavy (non-hydrogen) atoms. The summed E-state index contributed by atoms with van der Waals surface area (Å²) in [5.41, 5.74) is 0.608. The maximum Gasteiger partial charge on any atom is 0.319 e. The molecule has 0 aliphatic carbocycles. The van der Waals surface area contributed by atoms with Crippen LogP contribution in [-0.2, 0) is 4.74 Å². The van der Waals surface area contributed by atoms with Crippen LogP contribution in [0.1, 0.15) is 19.8 Å². The summed E-state index contributed by atoms with van der Waals surface area (Å²) in [6.07, 6.45) is 2.16. The molecule has 0 spiro atoms. The predicted molar refractivity (Wildman–Crippen MR) is 72.0 cm³/mol. The summed E-state index contributed by atoms with van der Waals surface area (Å²) in [6, 6.07) is 6.88. The quantitative estimate of drug-likeness (QED) is 0.885. The Morgan fingerprint density at radius 3 is 2.94 bits per heavy atom. The number of anilines is 1. The Balaban J connectivity index is 1.86. The van der Waals surface area contributed by atoms with Crippen LogP contribution in [-0.4, -0.2) is 24.8 Å². The third kappa shape index (κ3) is 3.37. The molecule has 0 aromatic heterocycles. The summed E-state index contributed by atoms with van der Waals surface area (Å²) in [5, 5.41) is 6.12. The van der Waals surface area contributed by atoms with Crippen LogP contribution in [0.5, 0.6) is 0 Å². The topological polar surface area (TPSA) is 50.4 Å². The van der Waals surface area contributed by atoms with Gasteiger partial charge in [-0.3, -0.25) is 0 Å². The molecule has 2 atom stereocenters. The molecule has 2 amide bonds. The van der Waals surface area contributed by atoms with Gasteiger partial charge in [-0.25, -0.2) is 4.79 Å². The van der Waals surface area contributed by atoms with Gasteiger partial charge in [-0.05, 0) is 31.9 Å². The van der Waals surface area contributed by atoms with E-state index in [2.05, 4.69) is 10.6 Å². The highest BCUT2D eigenvalue weighted by Crippen LogP contribution is 2.20. The predicted octanol–water partition coefficient (Wildman–Crippen LogP) is 3.03. The van der Waals surface area contributed by atoms with Crippen LogP contribution < -0.4 is 10.6 Å². The average molecular weight is 269 g/mol. The second-order valence-electron chi connectivity index (χ2n) is 4.42. The van der Waals surface area contributed by atoms with Gasteiger partial charge in [0.2, 0.25) is 0 Å². The number of hydrogen-bond acceptors (Lipinski definition) is 2. The third-order valence-corrected chi connectivity index (χ3v) is 3.33. The fourth-order valence-corrected chi connectivity index (χ4v) is 2.20. The van der Waals surface area contributed by atoms with Crippen LogP contribution in [0.25, 0.3) is 0 Å². The second-order valence-corrected chi connectivity index (χ2v) is 4.83. The molecule has 0 radical (unpaired) electrons. The van der Waals surface area contributed by atoms with E-state index in [1.165, 1.54) is 0 Å². The summed E-state index contributed by atoms with van der Waals surface area (Å²) in [6.45, 7) is 2.73. The van der Waals surface area contributed by atoms with Crippen molar-refractivity contribution in [3.05, 3.63) is 29.3 Å². The molecule has 1 saturated heterocycles. The number of nitrogens with one attached hydrogen (secondary N) is 2. The molecule has 1 aromatic carbocycles. The number of para-hydroxylation sites is 1. The van der Waals surface area contributed by atoms with Crippen molar-refractivity contribution in [2.75, 3.05) is 11.9 Å². The Bertz CT molecular complexity index is 419. The van der Waals surface area contributed by atoms with Crippen LogP contribution in [0.4, 0.5) is 10.5 Å². The van der Waals surface area contributed by atoms with Crippen molar-refractivity contribution in [1.29, 1.82) is 0 Å². The lowest BCUT2D eigenvalue weighted by atomic mass is 10.1. The summed E-state index contributed by atoms with van der Waals surface area (Å²) in [5.74, 6) is 0. The first kappa shape index (κ1) is 13.2. The molecule has 98 valence electrons. The minimum Gasteiger partial charge on any atom is -0.376 e. The van der Waals surface area contributed by atoms with Crippen molar-refractivity contribution in [1.82, 2.24) is 5.32 Å². The lowest BCUT2D eigenvalue weighted by Crippen LogP contribution is -2.43. The molecule has 1 heterocycles. The lowest BCUT2D eigenvalue weighted by molar-refractivity contribution is 0.0868. The van der Waals surface area contributed by atoms with Crippen LogP contribution in [0.2, 0.25) is 5.02 Å². The van der Waals surface area contributed by atoms with E-state index in [1.807, 2.05) is 19.1 Å². The molecule has 1 fully saturated rings. The van der Waals surface area contributed by atoms with Crippen molar-refractivity contribution in [2.45, 2.75) is 31.9 Å². The maximum atomic E-state index is 11.8. The second kappa shape index (κ2) is 6.07. The Kier molecular flexibility index (Phi) is 4.44. The van der Waals surface area contributed by atoms with E-state index in [9.17, 15) is 4.79 Å². The van der Waals surface area contributed by atoms with Crippen molar-refractivity contribution >= 4 is 23.3 Å². The first-order valence-corrected chi connectivity index (χ1v) is 6.48. The van der Waals surface area contributed by atoms with Gasteiger partial charge >= 0.3 is 6.03 Å². The van der Waals surface area contributed by atoms with Crippen LogP contribution in [0.3, 0.4) is 0 Å². The number of carbonyl (C=O) groups excluding carboxylic acids is 1. The van der Waals surface area contributed by atoms with Gasteiger partial charge in [0.1, 0.15) is 0 Å². The molecule has 1 aromatic rings. The number of benzene rings is 1. The maximum absolute atomic E-state index is 11.8. The third-order valence-electron chi connectivity index (χ3n) is 3.00. The fourth-order valence-electron chi connectivity index (χ4n) is 2.02. The molecule has 1 aliphatic rings. The van der Waals surface area contributed by atoms with Gasteiger partial charge in [0.25, 0.3) is 0 Å². The van der Waals surface area contributed by atoms with Crippen LogP contribution >= 0.6 is 11.6 Å². The zero-order chi connectivity index (χ0) is 13.0. The van der Waals surface area contributed by atoms with Gasteiger partial charge < -0.3 is 15.4 Å². The minimum absolute atomic E-state index is 0.00464. The Morgan fingerprint density at radius 1 is 1.50 bits per heavy atom. The smallest absolute Gasteiger partial charge is 0.319 e. The Labute approximate surface area is 112 Å². The number of halogens is 1. The minimum atomic E-state index is -0.258. The first-order valence-electron chi connectivity index (χ1n) is 6.10. The van der Waals surface area contributed by atoms with E-state index >= 15 is 0 Å². The summed E-state index contributed by atoms with van der Waals surface area (Å²) in [4.78, 5) is 11.8. The zero-order valence-electron chi connectivity index (χ0n) is 10.3. The van der Waals surface area contributed by atoms with Gasteiger partial charge in [0, 0.05) is 6.61 Å². The van der Waals surface area contributed by atoms with Crippen molar-refractivity contribution < 1.29 is 9.53 Å². The molecular weight excluding hydrogens is 252 g/mol. The molecule has 2 rings (SSSR count). The lowest BCUT2D eigenvalue weighted by Gasteiger charge is -2.20. The van der Waals surface area contributed by atoms with Gasteiger partial charge in [0.15, 0.2) is 0 Å². The Hall–Kier alpha value is -1.26. The summed E-state index contributed by atoms with van der Waals surface area (Å²) < 4.78 is 5.52. The molecule has 5 heteroatoms. The van der Waals surface area contributed by atoms with Gasteiger partial charge in [0.05, 0.1) is 22.9 Å². The molecular formula is C13H17ClN2O2. The van der Waals surface area contributed by atoms with Crippen molar-refractivity contribution in [2.24, 2.45) is 0 Å². The van der Waals surface area contributed by atoms with Gasteiger partial charge in [-0.1, -0.05) is 23.7 Å². The molecule has 2 N–H and O–H groups in total. The highest BCUT2D eigenvalue weighted by molar-refractivity contribution is 6.33. The number of amides is 2. The highest BCUT2D eigenvalue weighted by atomic mass is 35.5. The fraction of sp³-hybridized carbons (Fsp3) is 0.462. The normalized spacial score (nSPS) is 20.4. The molecule has 0 saturated carbocycles. The monoisotopic (exact) mass is 268 g/mol. The SMILES string of the molecule is C[C@H](NC(=O)Nc1ccccc1Cl)[C@H]1CCCO1. The first-order chi connectivity index (χ1) is 8.66. The van der Waals surface area contributed by atoms with E-state index in [0.29, 0.717) is 10.7 Å². The van der Waals surface area contributed by atoms with Crippen molar-refractivity contribution in [3.8, 4) is 0 Å². The number of urea groups is 1. The van der Waals surface area contributed by atoms with E-state index in [-0.39, 0.29) is 18.2 Å². The van der Waals surface area contributed by atoms with E-state index < -0.39 is 0 Å². The molecule has 0 unspecified atom stereocenters. The Morgan fingerprint density at radius 2 is 2.28 bits per heavy atom. The number of carbonyl (C=O) groups is 1. The number of ether oxygens (including phenoxy) is 1. The zero-order valence-corrected chi connectivity index (χ0v) is 11.0. The summed E-state index contributed by atoms with van der Waals surface area (Å²) >= 11 is 5.96. The highest BCUT2D eigenvalue weighted by Gasteiger charge is 2.23. The van der Waals surface area contributed by atoms with E-state index in [1.54, 1.807) is 12.1 Å². The van der Waals surface area contributed by atoms with Crippen LogP contribution in [0.15, 0.2) is 24.3 Å². The van der Waals surface area contributed by atoms with Crippen LogP contribution in [0, 0.1) is 0 Å². The molecule has 1 aliphatic heterocycles. The van der Waals surface area contributed by atoms with E-state index in [4.69, 9.17) is 16.3 Å². The molecule has 0 bridgehead atoms. The number of rotatable bonds is 3. The van der Waals surface area contributed by atoms with Gasteiger partial charge in [-0.2, -0.15) is 0 Å². The average Bonchev–Trinajstić information content (AvgIpc) is 2.85. The number of hydrogen-bond donors (Lipinski definition) is 2. The van der Waals surface area contributed by atoms with Crippen molar-refractivity contribution in [3.63, 3.8) is 0 Å². The van der Waals surface area contributed by atoms with E-state index in [0.717, 1.165) is 19.4 Å². The van der Waals surface area contributed by atoms with Gasteiger partial charge in [-0.15, -0.1) is 0 Å². The largest absolute Gasteiger partial charge is 0.376 e.